The van der Waals surface area contributed by atoms with Gasteiger partial charge in [-0.3, -0.25) is 18.9 Å². The highest BCUT2D eigenvalue weighted by Crippen LogP contribution is 2.40. The lowest BCUT2D eigenvalue weighted by atomic mass is 9.96. The maximum absolute atomic E-state index is 13.3. The van der Waals surface area contributed by atoms with E-state index in [-0.39, 0.29) is 24.8 Å². The number of aromatic nitrogens is 1. The molecule has 2 aliphatic carbocycles. The van der Waals surface area contributed by atoms with Crippen molar-refractivity contribution in [2.45, 2.75) is 95.6 Å². The van der Waals surface area contributed by atoms with Gasteiger partial charge in [0.15, 0.2) is 5.67 Å². The summed E-state index contributed by atoms with van der Waals surface area (Å²) in [5, 5.41) is 5.56. The number of nitrogens with zero attached hydrogens (tertiary/aromatic N) is 2. The highest BCUT2D eigenvalue weighted by molar-refractivity contribution is 8.00. The molecule has 4 rings (SSSR count). The fourth-order valence-corrected chi connectivity index (χ4v) is 5.52. The number of amides is 2. The van der Waals surface area contributed by atoms with Crippen molar-refractivity contribution >= 4 is 46.8 Å². The molecule has 1 saturated heterocycles. The molecule has 2 heterocycles. The van der Waals surface area contributed by atoms with Crippen molar-refractivity contribution in [1.82, 2.24) is 20.5 Å². The Labute approximate surface area is 253 Å². The number of hydrogen-bond acceptors (Lipinski definition) is 7. The molecule has 1 saturated carbocycles. The second kappa shape index (κ2) is 17.8. The molecule has 2 atom stereocenters. The number of thioether (sulfide) groups is 1. The van der Waals surface area contributed by atoms with Crippen LogP contribution in [0.3, 0.4) is 0 Å². The lowest BCUT2D eigenvalue weighted by molar-refractivity contribution is -0.130. The number of nitrogens with one attached hydrogen (secondary N) is 2. The van der Waals surface area contributed by atoms with Gasteiger partial charge < -0.3 is 15.4 Å². The lowest BCUT2D eigenvalue weighted by Crippen LogP contribution is -2.51. The van der Waals surface area contributed by atoms with Gasteiger partial charge in [0.1, 0.15) is 6.29 Å². The third kappa shape index (κ3) is 10.9. The van der Waals surface area contributed by atoms with Crippen molar-refractivity contribution in [2.24, 2.45) is 0 Å². The molecule has 0 bridgehead atoms. The van der Waals surface area contributed by atoms with Gasteiger partial charge in [-0.25, -0.2) is 9.37 Å². The monoisotopic (exact) mass is 614 g/mol. The van der Waals surface area contributed by atoms with Gasteiger partial charge in [0, 0.05) is 11.3 Å². The van der Waals surface area contributed by atoms with E-state index >= 15 is 0 Å². The Morgan fingerprint density at radius 2 is 1.93 bits per heavy atom. The minimum Gasteiger partial charge on any atom is -0.351 e. The molecule has 2 unspecified atom stereocenters. The fraction of sp³-hybridized carbons (Fsp3) is 0.667. The Morgan fingerprint density at radius 3 is 2.37 bits per heavy atom. The predicted octanol–water partition coefficient (Wildman–Crippen LogP) is 5.69. The Bertz CT molecular complexity index is 1050. The smallest absolute Gasteiger partial charge is 0.258 e. The summed E-state index contributed by atoms with van der Waals surface area (Å²) in [5.74, 6) is -0.476. The van der Waals surface area contributed by atoms with Crippen LogP contribution in [0.5, 0.6) is 0 Å². The van der Waals surface area contributed by atoms with Crippen molar-refractivity contribution in [1.29, 1.82) is 0 Å². The summed E-state index contributed by atoms with van der Waals surface area (Å²) in [6, 6.07) is -0.580. The van der Waals surface area contributed by atoms with Crippen molar-refractivity contribution in [3.8, 4) is 0 Å². The van der Waals surface area contributed by atoms with Crippen LogP contribution in [0.4, 0.5) is 8.78 Å². The molecule has 0 radical (unpaired) electrons. The highest BCUT2D eigenvalue weighted by atomic mass is 32.2. The third-order valence-corrected chi connectivity index (χ3v) is 9.69. The van der Waals surface area contributed by atoms with E-state index in [0.717, 1.165) is 37.9 Å². The van der Waals surface area contributed by atoms with Crippen LogP contribution < -0.4 is 10.6 Å². The predicted molar refractivity (Wildman–Crippen MR) is 168 cm³/mol. The maximum Gasteiger partial charge on any atom is 0.258 e. The quantitative estimate of drug-likeness (QED) is 0.348. The number of likely N-dealkylation sites (tertiary alicyclic amines) is 1. The molecule has 41 heavy (non-hydrogen) atoms. The average molecular weight is 615 g/mol. The van der Waals surface area contributed by atoms with Gasteiger partial charge in [-0.2, -0.15) is 11.8 Å². The standard InChI is InChI=1S/C17H23N3OS.C10H16FNO2S.C2H6.CH3F/c1-12-16(22-11-19-12)14-7-5-13(6-8-14)10-18-17(21)15-4-3-9-20(15)2;1-9(2,15-3)7(6-13)12-8(14)10(11)4-5-10;2*1-2/h5,7,11,15H,3-4,6,8-10H2,1-2H3,(H,18,21);6-7H,4-5H2,1-3H3,(H,12,14);1-2H3;1H3. The molecule has 0 spiro atoms. The molecule has 232 valence electrons. The number of thiazole rings is 1. The third-order valence-electron chi connectivity index (χ3n) is 7.38. The zero-order valence-electron chi connectivity index (χ0n) is 25.8. The molecule has 1 aliphatic heterocycles. The zero-order valence-corrected chi connectivity index (χ0v) is 27.4. The molecule has 11 heteroatoms. The van der Waals surface area contributed by atoms with Gasteiger partial charge in [-0.1, -0.05) is 31.6 Å². The van der Waals surface area contributed by atoms with Crippen molar-refractivity contribution in [3.63, 3.8) is 0 Å². The van der Waals surface area contributed by atoms with Crippen LogP contribution in [0.25, 0.3) is 5.57 Å². The highest BCUT2D eigenvalue weighted by Gasteiger charge is 2.52. The van der Waals surface area contributed by atoms with E-state index in [1.54, 1.807) is 11.3 Å². The largest absolute Gasteiger partial charge is 0.351 e. The minimum atomic E-state index is -1.71. The zero-order chi connectivity index (χ0) is 31.2. The Kier molecular flexibility index (Phi) is 16.0. The van der Waals surface area contributed by atoms with Gasteiger partial charge >= 0.3 is 0 Å². The van der Waals surface area contributed by atoms with E-state index < -0.39 is 22.4 Å². The van der Waals surface area contributed by atoms with Crippen LogP contribution >= 0.6 is 23.1 Å². The van der Waals surface area contributed by atoms with Gasteiger partial charge in [-0.15, -0.1) is 11.3 Å². The summed E-state index contributed by atoms with van der Waals surface area (Å²) in [5.41, 5.74) is 3.98. The Hall–Kier alpha value is -2.11. The van der Waals surface area contributed by atoms with Crippen LogP contribution in [-0.4, -0.2) is 84.1 Å². The van der Waals surface area contributed by atoms with Gasteiger partial charge in [0.05, 0.1) is 35.3 Å². The molecule has 3 aliphatic rings. The van der Waals surface area contributed by atoms with Crippen molar-refractivity contribution in [3.05, 3.63) is 33.8 Å². The van der Waals surface area contributed by atoms with Gasteiger partial charge in [0.2, 0.25) is 5.91 Å². The molecule has 1 aromatic rings. The summed E-state index contributed by atoms with van der Waals surface area (Å²) in [7, 11) is 2.53. The number of likely N-dealkylation sites (N-methyl/N-ethyl adjacent to an activating group) is 1. The minimum absolute atomic E-state index is 0.0649. The first-order chi connectivity index (χ1) is 19.5. The Balaban J connectivity index is 0.000000388. The molecular weight excluding hydrogens is 566 g/mol. The van der Waals surface area contributed by atoms with Crippen LogP contribution in [0, 0.1) is 6.92 Å². The summed E-state index contributed by atoms with van der Waals surface area (Å²) in [6.07, 6.45) is 11.6. The normalized spacial score (nSPS) is 19.8. The Morgan fingerprint density at radius 1 is 1.27 bits per heavy atom. The maximum atomic E-state index is 13.3. The van der Waals surface area contributed by atoms with Crippen LogP contribution in [0.15, 0.2) is 23.2 Å². The van der Waals surface area contributed by atoms with Crippen LogP contribution in [0.1, 0.15) is 76.8 Å². The van der Waals surface area contributed by atoms with Crippen LogP contribution in [0.2, 0.25) is 0 Å². The van der Waals surface area contributed by atoms with E-state index in [1.807, 2.05) is 46.5 Å². The summed E-state index contributed by atoms with van der Waals surface area (Å²) >= 11 is 3.17. The summed E-state index contributed by atoms with van der Waals surface area (Å²) in [4.78, 5) is 42.2. The molecule has 0 aromatic carbocycles. The van der Waals surface area contributed by atoms with Crippen molar-refractivity contribution in [2.75, 3.05) is 33.6 Å². The SMILES string of the molecule is CC.CF.CSC(C)(C)C(C=O)NC(=O)C1(F)CC1.Cc1ncsc1C1=CC=C(CNC(=O)C2CCCN2C)CC1. The summed E-state index contributed by atoms with van der Waals surface area (Å²) in [6.45, 7) is 11.4. The number of alkyl halides is 2. The lowest BCUT2D eigenvalue weighted by Gasteiger charge is -2.29. The average Bonchev–Trinajstić information content (AvgIpc) is 3.37. The second-order valence-corrected chi connectivity index (χ2v) is 12.8. The topological polar surface area (TPSA) is 91.4 Å². The number of rotatable bonds is 9. The molecule has 2 amide bonds. The number of carbonyl (C=O) groups excluding carboxylic acids is 3. The molecular formula is C30H48F2N4O3S2. The van der Waals surface area contributed by atoms with E-state index in [1.165, 1.54) is 27.8 Å². The van der Waals surface area contributed by atoms with E-state index in [9.17, 15) is 23.2 Å². The van der Waals surface area contributed by atoms with Gasteiger partial charge in [0.25, 0.3) is 5.91 Å². The molecule has 1 aromatic heterocycles. The second-order valence-electron chi connectivity index (χ2n) is 10.5. The number of aryl methyl sites for hydroxylation is 1. The molecule has 2 fully saturated rings. The molecule has 7 nitrogen and oxygen atoms in total. The van der Waals surface area contributed by atoms with Crippen molar-refractivity contribution < 1.29 is 23.2 Å². The van der Waals surface area contributed by atoms with Gasteiger partial charge in [-0.05, 0) is 84.7 Å². The number of hydrogen-bond donors (Lipinski definition) is 2. The first-order valence-electron chi connectivity index (χ1n) is 14.2. The number of carbonyl (C=O) groups is 3. The number of halogens is 2. The van der Waals surface area contributed by atoms with E-state index in [0.29, 0.717) is 20.0 Å². The first kappa shape index (κ1) is 36.9. The summed E-state index contributed by atoms with van der Waals surface area (Å²) < 4.78 is 22.4. The number of allylic oxidation sites excluding steroid dienone is 3. The number of aldehydes is 1. The van der Waals surface area contributed by atoms with E-state index in [4.69, 9.17) is 0 Å². The van der Waals surface area contributed by atoms with Crippen LogP contribution in [-0.2, 0) is 14.4 Å². The molecule has 2 N–H and O–H groups in total. The fourth-order valence-electron chi connectivity index (χ4n) is 4.29. The van der Waals surface area contributed by atoms with E-state index in [2.05, 4.69) is 39.6 Å². The first-order valence-corrected chi connectivity index (χ1v) is 16.3.